The molecule has 6 aromatic rings. The summed E-state index contributed by atoms with van der Waals surface area (Å²) in [4.78, 5) is 10.8. The van der Waals surface area contributed by atoms with Gasteiger partial charge in [-0.1, -0.05) is 78.9 Å². The second-order valence-electron chi connectivity index (χ2n) is 7.95. The number of fused-ring (bicyclic) bond motifs is 2. The van der Waals surface area contributed by atoms with Crippen molar-refractivity contribution in [3.05, 3.63) is 114 Å². The van der Waals surface area contributed by atoms with E-state index in [0.717, 1.165) is 26.8 Å². The molecule has 0 unspecified atom stereocenters. The lowest BCUT2D eigenvalue weighted by atomic mass is 10.2. The normalized spacial score (nSPS) is 11.4. The maximum absolute atomic E-state index is 14.4. The average Bonchev–Trinajstić information content (AvgIpc) is 3.38. The summed E-state index contributed by atoms with van der Waals surface area (Å²) < 4.78 is 30.6. The topological polar surface area (TPSA) is 65.7 Å². The molecule has 0 spiro atoms. The van der Waals surface area contributed by atoms with Crippen molar-refractivity contribution in [3.8, 4) is 11.5 Å². The highest BCUT2D eigenvalue weighted by Crippen LogP contribution is 2.46. The maximum atomic E-state index is 14.4. The fourth-order valence-corrected chi connectivity index (χ4v) is 6.99. The Morgan fingerprint density at radius 1 is 0.657 bits per heavy atom. The van der Waals surface area contributed by atoms with Crippen LogP contribution in [0.25, 0.3) is 21.7 Å². The molecular formula is C29H23O5P. The monoisotopic (exact) mass is 482 g/mol. The van der Waals surface area contributed by atoms with E-state index in [9.17, 15) is 9.36 Å². The number of benzene rings is 4. The number of methoxy groups -OCH3 is 2. The van der Waals surface area contributed by atoms with Crippen LogP contribution in [0.5, 0.6) is 11.5 Å². The molecule has 0 aliphatic carbocycles. The lowest BCUT2D eigenvalue weighted by molar-refractivity contribution is 0.419. The van der Waals surface area contributed by atoms with Crippen molar-refractivity contribution in [1.29, 1.82) is 0 Å². The highest BCUT2D eigenvalue weighted by molar-refractivity contribution is 7.85. The summed E-state index contributed by atoms with van der Waals surface area (Å²) in [5.41, 5.74) is 0.795. The third kappa shape index (κ3) is 3.94. The van der Waals surface area contributed by atoms with Gasteiger partial charge >= 0.3 is 0 Å². The van der Waals surface area contributed by atoms with Gasteiger partial charge in [-0.3, -0.25) is 4.79 Å². The molecule has 5 aromatic carbocycles. The summed E-state index contributed by atoms with van der Waals surface area (Å²) >= 11 is 0. The van der Waals surface area contributed by atoms with E-state index < -0.39 is 7.14 Å². The zero-order valence-corrected chi connectivity index (χ0v) is 20.2. The SMILES string of the molecule is COc1cccc2c(=O)c12.COc1cccc2occ(P(=O)(c3ccccc3)c3ccccc3)c12. The molecule has 5 nitrogen and oxygen atoms in total. The van der Waals surface area contributed by atoms with Gasteiger partial charge in [0.05, 0.1) is 30.3 Å². The molecule has 0 amide bonds. The molecule has 1 aromatic heterocycles. The molecular weight excluding hydrogens is 459 g/mol. The Bertz CT molecular complexity index is 1610. The highest BCUT2D eigenvalue weighted by atomic mass is 31.2. The molecule has 6 rings (SSSR count). The molecule has 0 aliphatic heterocycles. The predicted molar refractivity (Wildman–Crippen MR) is 141 cm³/mol. The quantitative estimate of drug-likeness (QED) is 0.318. The van der Waals surface area contributed by atoms with Crippen LogP contribution in [0.3, 0.4) is 0 Å². The van der Waals surface area contributed by atoms with Gasteiger partial charge in [-0.15, -0.1) is 0 Å². The zero-order valence-electron chi connectivity index (χ0n) is 19.3. The van der Waals surface area contributed by atoms with E-state index in [1.807, 2.05) is 84.9 Å². The van der Waals surface area contributed by atoms with E-state index in [4.69, 9.17) is 13.9 Å². The highest BCUT2D eigenvalue weighted by Gasteiger charge is 2.34. The molecule has 6 heteroatoms. The smallest absolute Gasteiger partial charge is 0.198 e. The Balaban J connectivity index is 0.000000211. The van der Waals surface area contributed by atoms with Crippen LogP contribution in [0.4, 0.5) is 0 Å². The van der Waals surface area contributed by atoms with Crippen LogP contribution in [-0.4, -0.2) is 14.2 Å². The van der Waals surface area contributed by atoms with Crippen LogP contribution >= 0.6 is 7.14 Å². The molecule has 0 bridgehead atoms. The van der Waals surface area contributed by atoms with Gasteiger partial charge in [0.2, 0.25) is 0 Å². The van der Waals surface area contributed by atoms with Crippen molar-refractivity contribution in [2.75, 3.05) is 14.2 Å². The number of hydrogen-bond acceptors (Lipinski definition) is 5. The molecule has 0 fully saturated rings. The molecule has 174 valence electrons. The summed E-state index contributed by atoms with van der Waals surface area (Å²) in [5, 5.41) is 4.53. The van der Waals surface area contributed by atoms with E-state index in [0.29, 0.717) is 22.4 Å². The van der Waals surface area contributed by atoms with Crippen molar-refractivity contribution in [1.82, 2.24) is 0 Å². The first-order chi connectivity index (χ1) is 17.1. The minimum absolute atomic E-state index is 0.127. The summed E-state index contributed by atoms with van der Waals surface area (Å²) in [7, 11) is 0.0952. The van der Waals surface area contributed by atoms with E-state index in [1.54, 1.807) is 32.6 Å². The van der Waals surface area contributed by atoms with Crippen LogP contribution in [0.15, 0.2) is 113 Å². The predicted octanol–water partition coefficient (Wildman–Crippen LogP) is 5.17. The second kappa shape index (κ2) is 9.28. The van der Waals surface area contributed by atoms with E-state index >= 15 is 0 Å². The molecule has 35 heavy (non-hydrogen) atoms. The lowest BCUT2D eigenvalue weighted by Crippen LogP contribution is -2.24. The lowest BCUT2D eigenvalue weighted by Gasteiger charge is -2.19. The van der Waals surface area contributed by atoms with Gasteiger partial charge in [-0.05, 0) is 18.2 Å². The Labute approximate surface area is 202 Å². The number of furan rings is 1. The molecule has 1 heterocycles. The first-order valence-electron chi connectivity index (χ1n) is 11.1. The Kier molecular flexibility index (Phi) is 6.02. The molecule has 0 atom stereocenters. The molecule has 0 saturated heterocycles. The minimum Gasteiger partial charge on any atom is -0.496 e. The van der Waals surface area contributed by atoms with Crippen molar-refractivity contribution >= 4 is 44.8 Å². The van der Waals surface area contributed by atoms with Gasteiger partial charge in [-0.25, -0.2) is 0 Å². The summed E-state index contributed by atoms with van der Waals surface area (Å²) in [6, 6.07) is 30.1. The molecule has 0 N–H and O–H groups in total. The Hall–Kier alpha value is -4.08. The first kappa shape index (κ1) is 22.7. The van der Waals surface area contributed by atoms with E-state index in [1.165, 1.54) is 0 Å². The van der Waals surface area contributed by atoms with Gasteiger partial charge in [-0.2, -0.15) is 0 Å². The fourth-order valence-electron chi connectivity index (χ4n) is 4.22. The van der Waals surface area contributed by atoms with Crippen LogP contribution in [0.2, 0.25) is 0 Å². The molecule has 0 aliphatic rings. The van der Waals surface area contributed by atoms with Crippen LogP contribution < -0.4 is 30.8 Å². The van der Waals surface area contributed by atoms with Gasteiger partial charge in [0.1, 0.15) is 23.3 Å². The number of hydrogen-bond donors (Lipinski definition) is 0. The largest absolute Gasteiger partial charge is 0.496 e. The summed E-state index contributed by atoms with van der Waals surface area (Å²) in [5.74, 6) is 1.36. The van der Waals surface area contributed by atoms with Crippen molar-refractivity contribution in [3.63, 3.8) is 0 Å². The maximum Gasteiger partial charge on any atom is 0.198 e. The third-order valence-corrected chi connectivity index (χ3v) is 9.05. The van der Waals surface area contributed by atoms with Crippen molar-refractivity contribution < 1.29 is 18.5 Å². The fraction of sp³-hybridized carbons (Fsp3) is 0.0690. The summed E-state index contributed by atoms with van der Waals surface area (Å²) in [6.45, 7) is 0. The zero-order chi connectivity index (χ0) is 24.4. The molecule has 0 saturated carbocycles. The Morgan fingerprint density at radius 2 is 1.20 bits per heavy atom. The van der Waals surface area contributed by atoms with Crippen LogP contribution in [0, 0.1) is 0 Å². The summed E-state index contributed by atoms with van der Waals surface area (Å²) in [6.07, 6.45) is 1.61. The van der Waals surface area contributed by atoms with Crippen LogP contribution in [0.1, 0.15) is 0 Å². The van der Waals surface area contributed by atoms with Crippen molar-refractivity contribution in [2.24, 2.45) is 0 Å². The number of ether oxygens (including phenoxy) is 2. The van der Waals surface area contributed by atoms with Gasteiger partial charge < -0.3 is 18.5 Å². The molecule has 0 radical (unpaired) electrons. The van der Waals surface area contributed by atoms with E-state index in [2.05, 4.69) is 0 Å². The third-order valence-electron chi connectivity index (χ3n) is 6.00. The first-order valence-corrected chi connectivity index (χ1v) is 12.8. The number of rotatable bonds is 5. The minimum atomic E-state index is -3.09. The van der Waals surface area contributed by atoms with Gasteiger partial charge in [0, 0.05) is 16.0 Å². The standard InChI is InChI=1S/C21H17O3P.C8H6O2/c1-23-18-13-8-14-19-21(18)20(15-24-19)25(22,16-9-4-2-5-10-16)17-11-6-3-7-12-17;1-10-6-4-2-3-5-7(6)8(5)9/h2-15H,1H3;2-4H,1H3. The van der Waals surface area contributed by atoms with Gasteiger partial charge in [0.15, 0.2) is 12.6 Å². The average molecular weight is 482 g/mol. The Morgan fingerprint density at radius 3 is 1.74 bits per heavy atom. The van der Waals surface area contributed by atoms with Crippen LogP contribution in [-0.2, 0) is 4.57 Å². The van der Waals surface area contributed by atoms with Gasteiger partial charge in [0.25, 0.3) is 0 Å². The van der Waals surface area contributed by atoms with Crippen molar-refractivity contribution in [2.45, 2.75) is 0 Å². The van der Waals surface area contributed by atoms with E-state index in [-0.39, 0.29) is 5.43 Å². The second-order valence-corrected chi connectivity index (χ2v) is 10.7.